The van der Waals surface area contributed by atoms with Crippen LogP contribution in [0.1, 0.15) is 17.0 Å². The fourth-order valence-corrected chi connectivity index (χ4v) is 3.66. The van der Waals surface area contributed by atoms with Gasteiger partial charge in [-0.25, -0.2) is 4.98 Å². The van der Waals surface area contributed by atoms with Gasteiger partial charge in [-0.3, -0.25) is 9.69 Å². The van der Waals surface area contributed by atoms with Crippen LogP contribution < -0.4 is 10.2 Å². The molecule has 0 spiro atoms. The first kappa shape index (κ1) is 18.8. The van der Waals surface area contributed by atoms with Crippen molar-refractivity contribution in [2.24, 2.45) is 0 Å². The Bertz CT molecular complexity index is 756. The lowest BCUT2D eigenvalue weighted by Crippen LogP contribution is -2.48. The molecule has 3 rings (SSSR count). The molecule has 0 atom stereocenters. The molecule has 1 N–H and O–H groups in total. The monoisotopic (exact) mass is 375 g/mol. The van der Waals surface area contributed by atoms with Crippen LogP contribution in [-0.2, 0) is 16.1 Å². The minimum Gasteiger partial charge on any atom is -0.377 e. The number of nitrogens with one attached hydrogen (secondary N) is 1. The van der Waals surface area contributed by atoms with Crippen LogP contribution in [0.15, 0.2) is 18.2 Å². The Morgan fingerprint density at radius 1 is 1.27 bits per heavy atom. The first-order valence-electron chi connectivity index (χ1n) is 8.71. The fraction of sp³-hybridized carbons (Fsp3) is 0.500. The third-order valence-electron chi connectivity index (χ3n) is 4.62. The van der Waals surface area contributed by atoms with Gasteiger partial charge in [0.05, 0.1) is 6.54 Å². The molecular weight excluding hydrogens is 350 g/mol. The van der Waals surface area contributed by atoms with E-state index in [-0.39, 0.29) is 5.91 Å². The number of hydrogen-bond donors (Lipinski definition) is 1. The molecule has 1 aromatic heterocycles. The Kier molecular flexibility index (Phi) is 6.18. The average molecular weight is 375 g/mol. The third kappa shape index (κ3) is 4.57. The molecule has 7 nitrogen and oxygen atoms in total. The molecule has 8 heteroatoms. The second kappa shape index (κ2) is 8.57. The number of hydrogen-bond acceptors (Lipinski definition) is 7. The normalized spacial score (nSPS) is 15.3. The first-order chi connectivity index (χ1) is 12.6. The highest BCUT2D eigenvalue weighted by molar-refractivity contribution is 7.09. The Morgan fingerprint density at radius 3 is 2.77 bits per heavy atom. The number of rotatable bonds is 6. The number of aromatic nitrogens is 2. The number of amides is 1. The van der Waals surface area contributed by atoms with E-state index < -0.39 is 0 Å². The fourth-order valence-electron chi connectivity index (χ4n) is 2.94. The summed E-state index contributed by atoms with van der Waals surface area (Å²) in [6.07, 6.45) is 0. The van der Waals surface area contributed by atoms with Crippen LogP contribution in [0.25, 0.3) is 0 Å². The summed E-state index contributed by atoms with van der Waals surface area (Å²) in [6, 6.07) is 5.97. The molecular formula is C18H25N5O2S. The van der Waals surface area contributed by atoms with Crippen molar-refractivity contribution in [1.82, 2.24) is 14.3 Å². The van der Waals surface area contributed by atoms with Crippen LogP contribution in [0.5, 0.6) is 0 Å². The van der Waals surface area contributed by atoms with Crippen LogP contribution in [-0.4, -0.2) is 60.0 Å². The quantitative estimate of drug-likeness (QED) is 0.833. The number of carbonyl (C=O) groups is 1. The summed E-state index contributed by atoms with van der Waals surface area (Å²) in [7, 11) is 1.64. The predicted molar refractivity (Wildman–Crippen MR) is 104 cm³/mol. The summed E-state index contributed by atoms with van der Waals surface area (Å²) in [5, 5.41) is 3.96. The van der Waals surface area contributed by atoms with Crippen molar-refractivity contribution in [3.05, 3.63) is 35.2 Å². The van der Waals surface area contributed by atoms with E-state index >= 15 is 0 Å². The van der Waals surface area contributed by atoms with Crippen molar-refractivity contribution in [3.63, 3.8) is 0 Å². The lowest BCUT2D eigenvalue weighted by molar-refractivity contribution is -0.117. The minimum atomic E-state index is 0.0328. The number of nitrogens with zero attached hydrogens (tertiary/aromatic N) is 4. The zero-order valence-electron chi connectivity index (χ0n) is 15.5. The maximum absolute atomic E-state index is 12.4. The summed E-state index contributed by atoms with van der Waals surface area (Å²) in [4.78, 5) is 21.3. The van der Waals surface area contributed by atoms with Crippen LogP contribution >= 0.6 is 11.5 Å². The molecule has 2 heterocycles. The molecule has 1 fully saturated rings. The van der Waals surface area contributed by atoms with Crippen LogP contribution in [0, 0.1) is 13.8 Å². The van der Waals surface area contributed by atoms with Gasteiger partial charge in [-0.2, -0.15) is 4.37 Å². The molecule has 1 saturated heterocycles. The van der Waals surface area contributed by atoms with Gasteiger partial charge in [0.1, 0.15) is 6.61 Å². The second-order valence-corrected chi connectivity index (χ2v) is 7.22. The number of methoxy groups -OCH3 is 1. The number of aryl methyl sites for hydroxylation is 1. The van der Waals surface area contributed by atoms with E-state index in [0.29, 0.717) is 13.2 Å². The maximum atomic E-state index is 12.4. The topological polar surface area (TPSA) is 70.6 Å². The Labute approximate surface area is 158 Å². The SMILES string of the molecule is COCc1nsc(N2CCN(CC(=O)Nc3cccc(C)c3C)CC2)n1. The van der Waals surface area contributed by atoms with Crippen LogP contribution in [0.4, 0.5) is 10.8 Å². The van der Waals surface area contributed by atoms with Crippen LogP contribution in [0.2, 0.25) is 0 Å². The van der Waals surface area contributed by atoms with Crippen LogP contribution in [0.3, 0.4) is 0 Å². The van der Waals surface area contributed by atoms with E-state index in [1.165, 1.54) is 17.1 Å². The summed E-state index contributed by atoms with van der Waals surface area (Å²) in [5.41, 5.74) is 3.20. The Balaban J connectivity index is 1.48. The average Bonchev–Trinajstić information content (AvgIpc) is 3.09. The van der Waals surface area contributed by atoms with Crippen molar-refractivity contribution in [1.29, 1.82) is 0 Å². The zero-order valence-corrected chi connectivity index (χ0v) is 16.3. The van der Waals surface area contributed by atoms with Gasteiger partial charge in [-0.05, 0) is 31.0 Å². The van der Waals surface area contributed by atoms with Gasteiger partial charge in [-0.15, -0.1) is 0 Å². The molecule has 0 radical (unpaired) electrons. The van der Waals surface area contributed by atoms with Gasteiger partial charge >= 0.3 is 0 Å². The highest BCUT2D eigenvalue weighted by Crippen LogP contribution is 2.20. The van der Waals surface area contributed by atoms with Gasteiger partial charge < -0.3 is 15.0 Å². The van der Waals surface area contributed by atoms with E-state index in [4.69, 9.17) is 4.74 Å². The molecule has 1 aromatic carbocycles. The third-order valence-corrected chi connectivity index (χ3v) is 5.43. The summed E-state index contributed by atoms with van der Waals surface area (Å²) in [5.74, 6) is 0.758. The molecule has 0 unspecified atom stereocenters. The highest BCUT2D eigenvalue weighted by Gasteiger charge is 2.21. The standard InChI is InChI=1S/C18H25N5O2S/c1-13-5-4-6-15(14(13)2)19-17(24)11-22-7-9-23(10-8-22)18-20-16(12-25-3)21-26-18/h4-6H,7-12H2,1-3H3,(H,19,24). The summed E-state index contributed by atoms with van der Waals surface area (Å²) in [6.45, 7) is 8.29. The highest BCUT2D eigenvalue weighted by atomic mass is 32.1. The van der Waals surface area contributed by atoms with Gasteiger partial charge in [0, 0.05) is 50.5 Å². The smallest absolute Gasteiger partial charge is 0.238 e. The summed E-state index contributed by atoms with van der Waals surface area (Å²) >= 11 is 1.40. The minimum absolute atomic E-state index is 0.0328. The first-order valence-corrected chi connectivity index (χ1v) is 9.49. The molecule has 0 bridgehead atoms. The molecule has 140 valence electrons. The van der Waals surface area contributed by atoms with E-state index in [0.717, 1.165) is 48.4 Å². The van der Waals surface area contributed by atoms with Crippen molar-refractivity contribution in [2.45, 2.75) is 20.5 Å². The number of carbonyl (C=O) groups excluding carboxylic acids is 1. The summed E-state index contributed by atoms with van der Waals surface area (Å²) < 4.78 is 9.36. The van der Waals surface area contributed by atoms with Gasteiger partial charge in [0.2, 0.25) is 11.0 Å². The van der Waals surface area contributed by atoms with Gasteiger partial charge in [-0.1, -0.05) is 12.1 Å². The van der Waals surface area contributed by atoms with Gasteiger partial charge in [0.25, 0.3) is 0 Å². The number of anilines is 2. The molecule has 1 aliphatic heterocycles. The number of piperazine rings is 1. The lowest BCUT2D eigenvalue weighted by atomic mass is 10.1. The predicted octanol–water partition coefficient (Wildman–Crippen LogP) is 2.06. The zero-order chi connectivity index (χ0) is 18.5. The van der Waals surface area contributed by atoms with Gasteiger partial charge in [0.15, 0.2) is 5.82 Å². The number of benzene rings is 1. The largest absolute Gasteiger partial charge is 0.377 e. The molecule has 26 heavy (non-hydrogen) atoms. The Morgan fingerprint density at radius 2 is 2.04 bits per heavy atom. The van der Waals surface area contributed by atoms with E-state index in [1.54, 1.807) is 7.11 Å². The van der Waals surface area contributed by atoms with E-state index in [1.807, 2.05) is 19.1 Å². The molecule has 0 aliphatic carbocycles. The number of ether oxygens (including phenoxy) is 1. The van der Waals surface area contributed by atoms with Crippen molar-refractivity contribution >= 4 is 28.3 Å². The second-order valence-electron chi connectivity index (χ2n) is 6.49. The van der Waals surface area contributed by atoms with E-state index in [2.05, 4.69) is 37.5 Å². The molecule has 0 saturated carbocycles. The van der Waals surface area contributed by atoms with Crippen molar-refractivity contribution in [3.8, 4) is 0 Å². The lowest BCUT2D eigenvalue weighted by Gasteiger charge is -2.33. The Hall–Kier alpha value is -2.03. The molecule has 2 aromatic rings. The molecule has 1 amide bonds. The van der Waals surface area contributed by atoms with Crippen molar-refractivity contribution in [2.75, 3.05) is 50.1 Å². The molecule has 1 aliphatic rings. The maximum Gasteiger partial charge on any atom is 0.238 e. The van der Waals surface area contributed by atoms with E-state index in [9.17, 15) is 4.79 Å². The van der Waals surface area contributed by atoms with Crippen molar-refractivity contribution < 1.29 is 9.53 Å².